The minimum Gasteiger partial charge on any atom is -0.453 e. The Bertz CT molecular complexity index is 729. The normalized spacial score (nSPS) is 24.1. The maximum absolute atomic E-state index is 12.5. The van der Waals surface area contributed by atoms with Gasteiger partial charge in [-0.2, -0.15) is 0 Å². The molecule has 24 heavy (non-hydrogen) atoms. The van der Waals surface area contributed by atoms with Gasteiger partial charge < -0.3 is 4.74 Å². The summed E-state index contributed by atoms with van der Waals surface area (Å²) in [5, 5.41) is 0. The van der Waals surface area contributed by atoms with Crippen molar-refractivity contribution in [1.82, 2.24) is 0 Å². The van der Waals surface area contributed by atoms with Crippen molar-refractivity contribution in [3.05, 3.63) is 77.9 Å². The van der Waals surface area contributed by atoms with E-state index in [1.807, 2.05) is 72.8 Å². The Hall–Kier alpha value is -2.68. The fraction of sp³-hybridized carbons (Fsp3) is 0.238. The fourth-order valence-electron chi connectivity index (χ4n) is 3.00. The van der Waals surface area contributed by atoms with Gasteiger partial charge in [0.25, 0.3) is 0 Å². The van der Waals surface area contributed by atoms with Crippen LogP contribution in [0.25, 0.3) is 6.08 Å². The Morgan fingerprint density at radius 3 is 2.29 bits per heavy atom. The van der Waals surface area contributed by atoms with Crippen molar-refractivity contribution in [1.29, 1.82) is 0 Å². The number of Topliss-reactive ketones (excluding diaryl/α,β-unsaturated/α-hetero) is 1. The molecule has 0 saturated carbocycles. The van der Waals surface area contributed by atoms with Crippen LogP contribution in [0.3, 0.4) is 0 Å². The quantitative estimate of drug-likeness (QED) is 0.628. The van der Waals surface area contributed by atoms with Gasteiger partial charge >= 0.3 is 5.97 Å². The molecular formula is C21H20O3. The molecule has 1 saturated heterocycles. The first-order valence-electron chi connectivity index (χ1n) is 8.11. The van der Waals surface area contributed by atoms with Gasteiger partial charge in [0, 0.05) is 0 Å². The number of ether oxygens (including phenoxy) is 1. The van der Waals surface area contributed by atoms with Crippen LogP contribution in [0.2, 0.25) is 0 Å². The second-order valence-corrected chi connectivity index (χ2v) is 6.26. The van der Waals surface area contributed by atoms with Crippen LogP contribution < -0.4 is 0 Å². The standard InChI is InChI=1S/C21H20O3/c1-21(17-12-6-3-7-13-17)15-19(22)18(20(23)24-21)14-8-11-16-9-4-2-5-10-16/h2-13,18H,14-15H2,1H3. The minimum absolute atomic E-state index is 0.0599. The van der Waals surface area contributed by atoms with Gasteiger partial charge in [-0.05, 0) is 24.5 Å². The van der Waals surface area contributed by atoms with Crippen molar-refractivity contribution >= 4 is 17.8 Å². The molecule has 0 aliphatic carbocycles. The molecule has 1 aliphatic heterocycles. The number of rotatable bonds is 4. The average Bonchev–Trinajstić information content (AvgIpc) is 2.59. The predicted octanol–water partition coefficient (Wildman–Crippen LogP) is 4.14. The molecule has 3 nitrogen and oxygen atoms in total. The van der Waals surface area contributed by atoms with Crippen molar-refractivity contribution < 1.29 is 14.3 Å². The summed E-state index contributed by atoms with van der Waals surface area (Å²) < 4.78 is 5.65. The SMILES string of the molecule is CC1(c2ccccc2)CC(=O)C(CC=Cc2ccccc2)C(=O)O1. The summed E-state index contributed by atoms with van der Waals surface area (Å²) in [6, 6.07) is 19.2. The topological polar surface area (TPSA) is 43.4 Å². The molecule has 0 N–H and O–H groups in total. The Kier molecular flexibility index (Phi) is 4.61. The lowest BCUT2D eigenvalue weighted by Crippen LogP contribution is -2.43. The maximum atomic E-state index is 12.5. The van der Waals surface area contributed by atoms with Gasteiger partial charge in [0.15, 0.2) is 5.78 Å². The summed E-state index contributed by atoms with van der Waals surface area (Å²) in [5.74, 6) is -1.20. The van der Waals surface area contributed by atoms with E-state index in [4.69, 9.17) is 4.74 Å². The summed E-state index contributed by atoms with van der Waals surface area (Å²) in [6.07, 6.45) is 4.37. The Labute approximate surface area is 142 Å². The molecule has 1 aliphatic rings. The van der Waals surface area contributed by atoms with Gasteiger partial charge in [0.1, 0.15) is 11.5 Å². The van der Waals surface area contributed by atoms with Crippen LogP contribution in [0, 0.1) is 5.92 Å². The zero-order valence-corrected chi connectivity index (χ0v) is 13.6. The second-order valence-electron chi connectivity index (χ2n) is 6.26. The molecule has 1 heterocycles. The molecular weight excluding hydrogens is 300 g/mol. The molecule has 3 heteroatoms. The number of benzene rings is 2. The molecule has 3 rings (SSSR count). The van der Waals surface area contributed by atoms with Crippen LogP contribution in [-0.2, 0) is 19.9 Å². The zero-order chi connectivity index (χ0) is 17.0. The van der Waals surface area contributed by atoms with Crippen LogP contribution in [0.4, 0.5) is 0 Å². The van der Waals surface area contributed by atoms with E-state index >= 15 is 0 Å². The van der Waals surface area contributed by atoms with E-state index in [9.17, 15) is 9.59 Å². The lowest BCUT2D eigenvalue weighted by Gasteiger charge is -2.36. The van der Waals surface area contributed by atoms with Crippen LogP contribution in [0.5, 0.6) is 0 Å². The molecule has 122 valence electrons. The van der Waals surface area contributed by atoms with E-state index in [2.05, 4.69) is 0 Å². The van der Waals surface area contributed by atoms with E-state index in [0.29, 0.717) is 6.42 Å². The van der Waals surface area contributed by atoms with E-state index in [0.717, 1.165) is 11.1 Å². The number of esters is 1. The number of cyclic esters (lactones) is 1. The third kappa shape index (κ3) is 3.46. The molecule has 0 spiro atoms. The molecule has 0 radical (unpaired) electrons. The first-order chi connectivity index (χ1) is 11.6. The molecule has 2 atom stereocenters. The Morgan fingerprint density at radius 2 is 1.67 bits per heavy atom. The van der Waals surface area contributed by atoms with E-state index in [1.165, 1.54) is 0 Å². The summed E-state index contributed by atoms with van der Waals surface area (Å²) in [7, 11) is 0. The molecule has 0 aromatic heterocycles. The van der Waals surface area contributed by atoms with Gasteiger partial charge in [-0.25, -0.2) is 0 Å². The molecule has 0 bridgehead atoms. The van der Waals surface area contributed by atoms with Crippen molar-refractivity contribution in [2.24, 2.45) is 5.92 Å². The molecule has 1 fully saturated rings. The van der Waals surface area contributed by atoms with Gasteiger partial charge in [-0.3, -0.25) is 9.59 Å². The monoisotopic (exact) mass is 320 g/mol. The van der Waals surface area contributed by atoms with Crippen LogP contribution in [0.1, 0.15) is 30.9 Å². The highest BCUT2D eigenvalue weighted by Crippen LogP contribution is 2.36. The van der Waals surface area contributed by atoms with Crippen molar-refractivity contribution in [3.8, 4) is 0 Å². The summed E-state index contributed by atoms with van der Waals surface area (Å²) in [6.45, 7) is 1.80. The highest BCUT2D eigenvalue weighted by atomic mass is 16.6. The van der Waals surface area contributed by atoms with E-state index in [1.54, 1.807) is 6.92 Å². The van der Waals surface area contributed by atoms with E-state index in [-0.39, 0.29) is 12.2 Å². The summed E-state index contributed by atoms with van der Waals surface area (Å²) >= 11 is 0. The summed E-state index contributed by atoms with van der Waals surface area (Å²) in [5.41, 5.74) is 1.03. The number of hydrogen-bond donors (Lipinski definition) is 0. The van der Waals surface area contributed by atoms with Gasteiger partial charge in [0.2, 0.25) is 0 Å². The first kappa shape index (κ1) is 16.2. The molecule has 2 unspecified atom stereocenters. The minimum atomic E-state index is -0.866. The lowest BCUT2D eigenvalue weighted by molar-refractivity contribution is -0.176. The zero-order valence-electron chi connectivity index (χ0n) is 13.6. The third-order valence-electron chi connectivity index (χ3n) is 4.38. The Morgan fingerprint density at radius 1 is 1.04 bits per heavy atom. The first-order valence-corrected chi connectivity index (χ1v) is 8.11. The van der Waals surface area contributed by atoms with Crippen molar-refractivity contribution in [2.45, 2.75) is 25.4 Å². The highest BCUT2D eigenvalue weighted by molar-refractivity contribution is 6.01. The lowest BCUT2D eigenvalue weighted by atomic mass is 9.82. The summed E-state index contributed by atoms with van der Waals surface area (Å²) in [4.78, 5) is 24.9. The molecule has 0 amide bonds. The third-order valence-corrected chi connectivity index (χ3v) is 4.38. The van der Waals surface area contributed by atoms with Crippen LogP contribution >= 0.6 is 0 Å². The Balaban J connectivity index is 1.69. The molecule has 2 aromatic rings. The van der Waals surface area contributed by atoms with E-state index < -0.39 is 17.5 Å². The predicted molar refractivity (Wildman–Crippen MR) is 93.1 cm³/mol. The fourth-order valence-corrected chi connectivity index (χ4v) is 3.00. The smallest absolute Gasteiger partial charge is 0.317 e. The number of ketones is 1. The van der Waals surface area contributed by atoms with Crippen molar-refractivity contribution in [2.75, 3.05) is 0 Å². The van der Waals surface area contributed by atoms with Gasteiger partial charge in [-0.1, -0.05) is 72.8 Å². The van der Waals surface area contributed by atoms with Crippen LogP contribution in [0.15, 0.2) is 66.7 Å². The van der Waals surface area contributed by atoms with Gasteiger partial charge in [-0.15, -0.1) is 0 Å². The maximum Gasteiger partial charge on any atom is 0.317 e. The highest BCUT2D eigenvalue weighted by Gasteiger charge is 2.44. The number of allylic oxidation sites excluding steroid dienone is 1. The number of carbonyl (C=O) groups is 2. The second kappa shape index (κ2) is 6.83. The van der Waals surface area contributed by atoms with Crippen molar-refractivity contribution in [3.63, 3.8) is 0 Å². The number of carbonyl (C=O) groups excluding carboxylic acids is 2. The van der Waals surface area contributed by atoms with Crippen LogP contribution in [-0.4, -0.2) is 11.8 Å². The average molecular weight is 320 g/mol. The number of hydrogen-bond acceptors (Lipinski definition) is 3. The molecule has 2 aromatic carbocycles. The van der Waals surface area contributed by atoms with Gasteiger partial charge in [0.05, 0.1) is 6.42 Å². The largest absolute Gasteiger partial charge is 0.453 e.